The van der Waals surface area contributed by atoms with E-state index in [2.05, 4.69) is 11.1 Å². The van der Waals surface area contributed by atoms with Gasteiger partial charge in [-0.2, -0.15) is 0 Å². The van der Waals surface area contributed by atoms with Crippen LogP contribution in [0.15, 0.2) is 54.7 Å². The van der Waals surface area contributed by atoms with E-state index in [4.69, 9.17) is 4.74 Å². The van der Waals surface area contributed by atoms with Gasteiger partial charge in [-0.25, -0.2) is 4.98 Å². The predicted octanol–water partition coefficient (Wildman–Crippen LogP) is 3.06. The second kappa shape index (κ2) is 3.81. The van der Waals surface area contributed by atoms with Gasteiger partial charge >= 0.3 is 0 Å². The number of ether oxygens (including phenoxy) is 1. The number of nitrogens with zero attached hydrogens (tertiary/aromatic N) is 1. The molecule has 2 nitrogen and oxygen atoms in total. The minimum absolute atomic E-state index is 0.726. The number of hydrogen-bond acceptors (Lipinski definition) is 2. The summed E-state index contributed by atoms with van der Waals surface area (Å²) in [4.78, 5) is 4.23. The first-order valence-corrected chi connectivity index (χ1v) is 5.31. The summed E-state index contributed by atoms with van der Waals surface area (Å²) in [6.45, 7) is 0. The molecular formula is C14H11NO. The molecule has 0 saturated heterocycles. The van der Waals surface area contributed by atoms with Crippen LogP contribution in [0.5, 0.6) is 5.88 Å². The number of pyridine rings is 1. The highest BCUT2D eigenvalue weighted by Crippen LogP contribution is 2.27. The smallest absolute Gasteiger partial charge is 0.222 e. The number of allylic oxidation sites excluding steroid dienone is 1. The predicted molar refractivity (Wildman–Crippen MR) is 63.0 cm³/mol. The molecule has 0 amide bonds. The Bertz CT molecular complexity index is 531. The molecule has 0 unspecified atom stereocenters. The average Bonchev–Trinajstić information content (AvgIpc) is 2.39. The maximum atomic E-state index is 5.77. The fourth-order valence-electron chi connectivity index (χ4n) is 1.80. The minimum Gasteiger partial charge on any atom is -0.438 e. The highest BCUT2D eigenvalue weighted by atomic mass is 16.5. The van der Waals surface area contributed by atoms with Gasteiger partial charge in [-0.1, -0.05) is 36.4 Å². The lowest BCUT2D eigenvalue weighted by Crippen LogP contribution is -2.05. The van der Waals surface area contributed by atoms with Crippen molar-refractivity contribution in [2.75, 3.05) is 0 Å². The van der Waals surface area contributed by atoms with Crippen LogP contribution in [0.2, 0.25) is 0 Å². The molecule has 78 valence electrons. The molecule has 1 aliphatic heterocycles. The largest absolute Gasteiger partial charge is 0.438 e. The molecule has 3 rings (SSSR count). The first kappa shape index (κ1) is 9.16. The summed E-state index contributed by atoms with van der Waals surface area (Å²) >= 11 is 0. The Morgan fingerprint density at radius 2 is 1.88 bits per heavy atom. The third kappa shape index (κ3) is 1.58. The van der Waals surface area contributed by atoms with E-state index in [-0.39, 0.29) is 0 Å². The van der Waals surface area contributed by atoms with Gasteiger partial charge in [0.25, 0.3) is 0 Å². The number of rotatable bonds is 1. The van der Waals surface area contributed by atoms with Crippen LogP contribution in [-0.2, 0) is 6.42 Å². The van der Waals surface area contributed by atoms with Crippen LogP contribution < -0.4 is 4.74 Å². The maximum absolute atomic E-state index is 5.77. The van der Waals surface area contributed by atoms with Gasteiger partial charge in [-0.3, -0.25) is 0 Å². The molecule has 2 heteroatoms. The topological polar surface area (TPSA) is 22.1 Å². The molecule has 2 aromatic rings. The van der Waals surface area contributed by atoms with Crippen molar-refractivity contribution in [3.63, 3.8) is 0 Å². The van der Waals surface area contributed by atoms with Gasteiger partial charge in [0.05, 0.1) is 0 Å². The van der Waals surface area contributed by atoms with Crippen molar-refractivity contribution >= 4 is 5.76 Å². The zero-order valence-corrected chi connectivity index (χ0v) is 8.76. The van der Waals surface area contributed by atoms with Crippen molar-refractivity contribution in [3.05, 3.63) is 65.9 Å². The average molecular weight is 209 g/mol. The third-order valence-corrected chi connectivity index (χ3v) is 2.62. The summed E-state index contributed by atoms with van der Waals surface area (Å²) in [5.41, 5.74) is 2.24. The van der Waals surface area contributed by atoms with Gasteiger partial charge in [-0.15, -0.1) is 0 Å². The zero-order chi connectivity index (χ0) is 10.8. The third-order valence-electron chi connectivity index (χ3n) is 2.62. The van der Waals surface area contributed by atoms with Crippen LogP contribution in [0, 0.1) is 0 Å². The van der Waals surface area contributed by atoms with E-state index in [0.29, 0.717) is 0 Å². The summed E-state index contributed by atoms with van der Waals surface area (Å²) in [7, 11) is 0. The zero-order valence-electron chi connectivity index (χ0n) is 8.76. The van der Waals surface area contributed by atoms with Gasteiger partial charge in [0.1, 0.15) is 5.76 Å². The van der Waals surface area contributed by atoms with Crippen molar-refractivity contribution < 1.29 is 4.74 Å². The molecular weight excluding hydrogens is 198 g/mol. The molecule has 0 radical (unpaired) electrons. The highest BCUT2D eigenvalue weighted by Gasteiger charge is 2.13. The SMILES string of the molecule is C1=C(c2ccccc2)Oc2ncccc2C1. The Balaban J connectivity index is 1.95. The van der Waals surface area contributed by atoms with E-state index in [9.17, 15) is 0 Å². The standard InChI is InChI=1S/C14H11NO/c1-2-5-11(6-3-1)13-9-8-12-7-4-10-15-14(12)16-13/h1-7,9-10H,8H2. The van der Waals surface area contributed by atoms with Gasteiger partial charge in [-0.05, 0) is 18.6 Å². The summed E-state index contributed by atoms with van der Waals surface area (Å²) in [5, 5.41) is 0. The molecule has 0 spiro atoms. The molecule has 1 aromatic carbocycles. The lowest BCUT2D eigenvalue weighted by molar-refractivity contribution is 0.477. The molecule has 0 atom stereocenters. The van der Waals surface area contributed by atoms with E-state index in [0.717, 1.165) is 29.2 Å². The Kier molecular flexibility index (Phi) is 2.18. The first-order chi connectivity index (χ1) is 7.93. The number of aromatic nitrogens is 1. The van der Waals surface area contributed by atoms with Crippen LogP contribution in [0.25, 0.3) is 5.76 Å². The fourth-order valence-corrected chi connectivity index (χ4v) is 1.80. The normalized spacial score (nSPS) is 13.6. The lowest BCUT2D eigenvalue weighted by Gasteiger charge is -2.16. The van der Waals surface area contributed by atoms with Crippen molar-refractivity contribution in [2.45, 2.75) is 6.42 Å². The summed E-state index contributed by atoms with van der Waals surface area (Å²) in [6.07, 6.45) is 4.74. The molecule has 0 saturated carbocycles. The Morgan fingerprint density at radius 1 is 1.00 bits per heavy atom. The Labute approximate surface area is 94.2 Å². The van der Waals surface area contributed by atoms with E-state index < -0.39 is 0 Å². The second-order valence-electron chi connectivity index (χ2n) is 3.71. The van der Waals surface area contributed by atoms with Crippen LogP contribution in [-0.4, -0.2) is 4.98 Å². The van der Waals surface area contributed by atoms with Crippen LogP contribution in [0.3, 0.4) is 0 Å². The van der Waals surface area contributed by atoms with Crippen LogP contribution in [0.1, 0.15) is 11.1 Å². The highest BCUT2D eigenvalue weighted by molar-refractivity contribution is 5.64. The number of hydrogen-bond donors (Lipinski definition) is 0. The van der Waals surface area contributed by atoms with E-state index in [1.165, 1.54) is 0 Å². The van der Waals surface area contributed by atoms with Crippen LogP contribution in [0.4, 0.5) is 0 Å². The van der Waals surface area contributed by atoms with Crippen molar-refractivity contribution in [1.82, 2.24) is 4.98 Å². The van der Waals surface area contributed by atoms with Crippen LogP contribution >= 0.6 is 0 Å². The minimum atomic E-state index is 0.726. The molecule has 0 N–H and O–H groups in total. The molecule has 0 bridgehead atoms. The molecule has 1 aromatic heterocycles. The Hall–Kier alpha value is -2.09. The second-order valence-corrected chi connectivity index (χ2v) is 3.71. The van der Waals surface area contributed by atoms with Gasteiger partial charge in [0, 0.05) is 17.3 Å². The monoisotopic (exact) mass is 209 g/mol. The van der Waals surface area contributed by atoms with E-state index >= 15 is 0 Å². The van der Waals surface area contributed by atoms with Gasteiger partial charge in [0.15, 0.2) is 0 Å². The number of benzene rings is 1. The quantitative estimate of drug-likeness (QED) is 0.720. The molecule has 0 aliphatic carbocycles. The molecule has 1 aliphatic rings. The molecule has 2 heterocycles. The Morgan fingerprint density at radius 3 is 2.75 bits per heavy atom. The van der Waals surface area contributed by atoms with E-state index in [1.807, 2.05) is 42.5 Å². The molecule has 16 heavy (non-hydrogen) atoms. The summed E-state index contributed by atoms with van der Waals surface area (Å²) in [5.74, 6) is 1.62. The lowest BCUT2D eigenvalue weighted by atomic mass is 10.1. The van der Waals surface area contributed by atoms with E-state index in [1.54, 1.807) is 6.20 Å². The van der Waals surface area contributed by atoms with Gasteiger partial charge in [0.2, 0.25) is 5.88 Å². The maximum Gasteiger partial charge on any atom is 0.222 e. The van der Waals surface area contributed by atoms with Gasteiger partial charge < -0.3 is 4.74 Å². The molecule has 0 fully saturated rings. The first-order valence-electron chi connectivity index (χ1n) is 5.31. The van der Waals surface area contributed by atoms with Crippen molar-refractivity contribution in [3.8, 4) is 5.88 Å². The summed E-state index contributed by atoms with van der Waals surface area (Å²) < 4.78 is 5.77. The summed E-state index contributed by atoms with van der Waals surface area (Å²) in [6, 6.07) is 14.1. The number of fused-ring (bicyclic) bond motifs is 1. The van der Waals surface area contributed by atoms with Crippen molar-refractivity contribution in [2.24, 2.45) is 0 Å². The fraction of sp³-hybridized carbons (Fsp3) is 0.0714. The van der Waals surface area contributed by atoms with Crippen molar-refractivity contribution in [1.29, 1.82) is 0 Å².